The molecular formula is C28H32N2O5. The second-order valence-electron chi connectivity index (χ2n) is 10.1. The molecule has 0 radical (unpaired) electrons. The Morgan fingerprint density at radius 2 is 1.66 bits per heavy atom. The summed E-state index contributed by atoms with van der Waals surface area (Å²) >= 11 is 0. The van der Waals surface area contributed by atoms with Gasteiger partial charge in [-0.15, -0.1) is 0 Å². The number of amides is 2. The average molecular weight is 477 g/mol. The highest BCUT2D eigenvalue weighted by Gasteiger charge is 2.33. The van der Waals surface area contributed by atoms with E-state index in [-0.39, 0.29) is 30.4 Å². The van der Waals surface area contributed by atoms with Crippen LogP contribution in [0.4, 0.5) is 4.79 Å². The molecule has 2 N–H and O–H groups in total. The molecule has 5 rings (SSSR count). The van der Waals surface area contributed by atoms with Crippen molar-refractivity contribution in [2.75, 3.05) is 19.7 Å². The van der Waals surface area contributed by atoms with E-state index in [4.69, 9.17) is 4.74 Å². The van der Waals surface area contributed by atoms with E-state index in [9.17, 15) is 19.5 Å². The molecule has 35 heavy (non-hydrogen) atoms. The lowest BCUT2D eigenvalue weighted by Crippen LogP contribution is -2.42. The van der Waals surface area contributed by atoms with Crippen LogP contribution >= 0.6 is 0 Å². The van der Waals surface area contributed by atoms with Crippen molar-refractivity contribution < 1.29 is 24.2 Å². The lowest BCUT2D eigenvalue weighted by Gasteiger charge is -2.31. The number of nitrogens with zero attached hydrogens (tertiary/aromatic N) is 1. The molecule has 2 amide bonds. The van der Waals surface area contributed by atoms with Gasteiger partial charge in [0, 0.05) is 31.5 Å². The number of carboxylic acids is 1. The predicted molar refractivity (Wildman–Crippen MR) is 131 cm³/mol. The number of alkyl carbamates (subject to hydrolysis) is 1. The van der Waals surface area contributed by atoms with E-state index in [1.165, 1.54) is 22.3 Å². The number of fused-ring (bicyclic) bond motifs is 3. The third-order valence-electron chi connectivity index (χ3n) is 7.79. The Kier molecular flexibility index (Phi) is 6.75. The molecule has 0 unspecified atom stereocenters. The maximum atomic E-state index is 12.7. The molecular weight excluding hydrogens is 444 g/mol. The van der Waals surface area contributed by atoms with Crippen LogP contribution in [-0.4, -0.2) is 53.7 Å². The molecule has 2 fully saturated rings. The van der Waals surface area contributed by atoms with E-state index in [1.807, 2.05) is 24.3 Å². The molecule has 0 bridgehead atoms. The molecule has 1 aliphatic heterocycles. The number of hydrogen-bond donors (Lipinski definition) is 2. The minimum absolute atomic E-state index is 0.00317. The topological polar surface area (TPSA) is 95.9 Å². The van der Waals surface area contributed by atoms with Gasteiger partial charge in [-0.25, -0.2) is 4.79 Å². The van der Waals surface area contributed by atoms with Crippen LogP contribution in [0.1, 0.15) is 55.6 Å². The zero-order chi connectivity index (χ0) is 24.4. The number of hydrogen-bond acceptors (Lipinski definition) is 4. The van der Waals surface area contributed by atoms with Crippen molar-refractivity contribution in [3.63, 3.8) is 0 Å². The van der Waals surface area contributed by atoms with E-state index in [2.05, 4.69) is 29.6 Å². The Morgan fingerprint density at radius 1 is 0.971 bits per heavy atom. The Labute approximate surface area is 205 Å². The molecule has 3 aliphatic rings. The van der Waals surface area contributed by atoms with Gasteiger partial charge in [0.1, 0.15) is 6.61 Å². The quantitative estimate of drug-likeness (QED) is 0.644. The molecule has 1 saturated carbocycles. The van der Waals surface area contributed by atoms with Crippen molar-refractivity contribution in [1.82, 2.24) is 10.2 Å². The van der Waals surface area contributed by atoms with Crippen molar-refractivity contribution in [1.29, 1.82) is 0 Å². The lowest BCUT2D eigenvalue weighted by atomic mass is 9.96. The Balaban J connectivity index is 1.10. The van der Waals surface area contributed by atoms with Crippen LogP contribution in [0.15, 0.2) is 48.5 Å². The summed E-state index contributed by atoms with van der Waals surface area (Å²) in [5, 5.41) is 12.3. The van der Waals surface area contributed by atoms with Crippen molar-refractivity contribution in [3.8, 4) is 11.1 Å². The van der Waals surface area contributed by atoms with Crippen molar-refractivity contribution >= 4 is 18.0 Å². The zero-order valence-electron chi connectivity index (χ0n) is 19.8. The highest BCUT2D eigenvalue weighted by atomic mass is 16.5. The number of rotatable bonds is 6. The van der Waals surface area contributed by atoms with Gasteiger partial charge in [-0.3, -0.25) is 9.59 Å². The summed E-state index contributed by atoms with van der Waals surface area (Å²) in [6, 6.07) is 16.5. The first kappa shape index (κ1) is 23.4. The number of carbonyl (C=O) groups excluding carboxylic acids is 2. The number of carbonyl (C=O) groups is 3. The molecule has 1 heterocycles. The summed E-state index contributed by atoms with van der Waals surface area (Å²) in [5.74, 6) is -1.02. The summed E-state index contributed by atoms with van der Waals surface area (Å²) in [6.07, 6.45) is 3.80. The molecule has 7 heteroatoms. The molecule has 0 spiro atoms. The number of nitrogens with one attached hydrogen (secondary N) is 1. The Morgan fingerprint density at radius 3 is 2.34 bits per heavy atom. The van der Waals surface area contributed by atoms with E-state index < -0.39 is 18.0 Å². The zero-order valence-corrected chi connectivity index (χ0v) is 19.8. The number of ether oxygens (including phenoxy) is 1. The summed E-state index contributed by atoms with van der Waals surface area (Å²) in [7, 11) is 0. The lowest BCUT2D eigenvalue weighted by molar-refractivity contribution is -0.145. The van der Waals surface area contributed by atoms with Gasteiger partial charge in [0.05, 0.1) is 5.92 Å². The summed E-state index contributed by atoms with van der Waals surface area (Å²) in [6.45, 7) is 1.23. The smallest absolute Gasteiger partial charge is 0.407 e. The first-order chi connectivity index (χ1) is 17.0. The second kappa shape index (κ2) is 10.1. The number of piperidine rings is 1. The van der Waals surface area contributed by atoms with Crippen LogP contribution < -0.4 is 5.32 Å². The van der Waals surface area contributed by atoms with Crippen LogP contribution in [0.25, 0.3) is 11.1 Å². The van der Waals surface area contributed by atoms with Crippen LogP contribution in [0, 0.1) is 11.8 Å². The van der Waals surface area contributed by atoms with Gasteiger partial charge >= 0.3 is 12.1 Å². The molecule has 2 aliphatic carbocycles. The average Bonchev–Trinajstić information content (AvgIpc) is 3.44. The standard InChI is InChI=1S/C28H32N2O5/c31-26(30-13-5-6-19(16-30)27(32)33)15-18-11-12-20(14-18)29-28(34)35-17-25-23-9-3-1-7-21(23)22-8-2-4-10-24(22)25/h1-4,7-10,18-20,25H,5-6,11-17H2,(H,29,34)(H,32,33)/t18-,19-,20+/m1/s1. The third kappa shape index (κ3) is 5.04. The van der Waals surface area contributed by atoms with Crippen LogP contribution in [-0.2, 0) is 14.3 Å². The molecule has 7 nitrogen and oxygen atoms in total. The summed E-state index contributed by atoms with van der Waals surface area (Å²) < 4.78 is 5.67. The highest BCUT2D eigenvalue weighted by Crippen LogP contribution is 2.44. The fourth-order valence-corrected chi connectivity index (χ4v) is 5.98. The van der Waals surface area contributed by atoms with Crippen LogP contribution in [0.3, 0.4) is 0 Å². The van der Waals surface area contributed by atoms with Crippen molar-refractivity contribution in [2.24, 2.45) is 11.8 Å². The molecule has 2 aromatic carbocycles. The van der Waals surface area contributed by atoms with Gasteiger partial charge < -0.3 is 20.1 Å². The first-order valence-corrected chi connectivity index (χ1v) is 12.6. The van der Waals surface area contributed by atoms with E-state index in [0.717, 1.165) is 25.7 Å². The normalized spacial score (nSPS) is 23.4. The molecule has 1 saturated heterocycles. The number of aliphatic carboxylic acids is 1. The fourth-order valence-electron chi connectivity index (χ4n) is 5.98. The monoisotopic (exact) mass is 476 g/mol. The second-order valence-corrected chi connectivity index (χ2v) is 10.1. The fraction of sp³-hybridized carbons (Fsp3) is 0.464. The van der Waals surface area contributed by atoms with Gasteiger partial charge in [0.15, 0.2) is 0 Å². The molecule has 184 valence electrons. The summed E-state index contributed by atoms with van der Waals surface area (Å²) in [5.41, 5.74) is 4.76. The number of likely N-dealkylation sites (tertiary alicyclic amines) is 1. The molecule has 3 atom stereocenters. The van der Waals surface area contributed by atoms with Gasteiger partial charge in [-0.2, -0.15) is 0 Å². The minimum atomic E-state index is -0.823. The van der Waals surface area contributed by atoms with Crippen molar-refractivity contribution in [2.45, 2.75) is 50.5 Å². The van der Waals surface area contributed by atoms with Gasteiger partial charge in [-0.05, 0) is 60.3 Å². The summed E-state index contributed by atoms with van der Waals surface area (Å²) in [4.78, 5) is 38.3. The van der Waals surface area contributed by atoms with E-state index in [1.54, 1.807) is 4.90 Å². The Bertz CT molecular complexity index is 1070. The Hall–Kier alpha value is -3.35. The van der Waals surface area contributed by atoms with Gasteiger partial charge in [0.2, 0.25) is 5.91 Å². The van der Waals surface area contributed by atoms with Crippen LogP contribution in [0.5, 0.6) is 0 Å². The van der Waals surface area contributed by atoms with Crippen molar-refractivity contribution in [3.05, 3.63) is 59.7 Å². The first-order valence-electron chi connectivity index (χ1n) is 12.6. The molecule has 2 aromatic rings. The maximum absolute atomic E-state index is 12.7. The van der Waals surface area contributed by atoms with E-state index >= 15 is 0 Å². The maximum Gasteiger partial charge on any atom is 0.407 e. The third-order valence-corrected chi connectivity index (χ3v) is 7.79. The molecule has 0 aromatic heterocycles. The largest absolute Gasteiger partial charge is 0.481 e. The predicted octanol–water partition coefficient (Wildman–Crippen LogP) is 4.41. The minimum Gasteiger partial charge on any atom is -0.481 e. The van der Waals surface area contributed by atoms with Gasteiger partial charge in [-0.1, -0.05) is 48.5 Å². The number of benzene rings is 2. The highest BCUT2D eigenvalue weighted by molar-refractivity contribution is 5.79. The SMILES string of the molecule is O=C(N[C@H]1CC[C@@H](CC(=O)N2CCC[C@@H](C(=O)O)C2)C1)OCC1c2ccccc2-c2ccccc21. The van der Waals surface area contributed by atoms with Crippen LogP contribution in [0.2, 0.25) is 0 Å². The number of carboxylic acid groups (broad SMARTS) is 1. The van der Waals surface area contributed by atoms with Gasteiger partial charge in [0.25, 0.3) is 0 Å². The van der Waals surface area contributed by atoms with E-state index in [0.29, 0.717) is 25.9 Å².